The summed E-state index contributed by atoms with van der Waals surface area (Å²) in [6.45, 7) is 5.05. The fraction of sp³-hybridized carbons (Fsp3) is 0.375. The average molecular weight is 501 g/mol. The molecule has 1 aliphatic rings. The van der Waals surface area contributed by atoms with Crippen LogP contribution in [0.5, 0.6) is 0 Å². The monoisotopic (exact) mass is 500 g/mol. The van der Waals surface area contributed by atoms with E-state index in [0.29, 0.717) is 30.4 Å². The number of nitrogens with one attached hydrogen (secondary N) is 1. The normalized spacial score (nSPS) is 14.8. The minimum absolute atomic E-state index is 0.0387. The van der Waals surface area contributed by atoms with Gasteiger partial charge in [-0.05, 0) is 19.1 Å². The Morgan fingerprint density at radius 2 is 1.75 bits per heavy atom. The number of rotatable bonds is 9. The average Bonchev–Trinajstić information content (AvgIpc) is 3.22. The standard InChI is InChI=1S/C24H30F2N8O2/c1-16-17(13-28-34(16)23-12-22(30-24(27)31-23)29-20(14-35)15-36)3-2-4-32-5-7-33(8-6-32)21-10-18(25)9-19(26)11-21/h2-3,9-13,20,35-36H,4-8,14-15H2,1H3,(H3,27,29,30,31)/b3-2+. The third kappa shape index (κ3) is 6.14. The molecule has 1 fully saturated rings. The van der Waals surface area contributed by atoms with Crippen LogP contribution in [0.25, 0.3) is 11.9 Å². The van der Waals surface area contributed by atoms with E-state index < -0.39 is 17.7 Å². The van der Waals surface area contributed by atoms with Crippen LogP contribution in [0.2, 0.25) is 0 Å². The van der Waals surface area contributed by atoms with Gasteiger partial charge in [0.15, 0.2) is 5.82 Å². The fourth-order valence-corrected chi connectivity index (χ4v) is 4.05. The number of aromatic nitrogens is 4. The lowest BCUT2D eigenvalue weighted by Crippen LogP contribution is -2.46. The lowest BCUT2D eigenvalue weighted by molar-refractivity contribution is 0.203. The number of benzene rings is 1. The van der Waals surface area contributed by atoms with Gasteiger partial charge in [0.25, 0.3) is 0 Å². The lowest BCUT2D eigenvalue weighted by atomic mass is 10.2. The number of piperazine rings is 1. The fourth-order valence-electron chi connectivity index (χ4n) is 4.05. The molecule has 3 heterocycles. The molecule has 1 aliphatic heterocycles. The van der Waals surface area contributed by atoms with E-state index in [1.807, 2.05) is 17.9 Å². The van der Waals surface area contributed by atoms with Gasteiger partial charge in [-0.25, -0.2) is 13.5 Å². The number of nitrogen functional groups attached to an aromatic ring is 1. The van der Waals surface area contributed by atoms with Crippen molar-refractivity contribution in [1.82, 2.24) is 24.6 Å². The van der Waals surface area contributed by atoms with E-state index in [0.717, 1.165) is 37.0 Å². The molecule has 12 heteroatoms. The molecule has 10 nitrogen and oxygen atoms in total. The Morgan fingerprint density at radius 1 is 1.06 bits per heavy atom. The van der Waals surface area contributed by atoms with Crippen molar-refractivity contribution in [2.75, 3.05) is 61.9 Å². The zero-order valence-electron chi connectivity index (χ0n) is 20.0. The number of halogens is 2. The number of nitrogens with zero attached hydrogens (tertiary/aromatic N) is 6. The molecule has 1 saturated heterocycles. The molecule has 1 aromatic carbocycles. The van der Waals surface area contributed by atoms with Crippen molar-refractivity contribution >= 4 is 23.5 Å². The van der Waals surface area contributed by atoms with Crippen LogP contribution in [-0.4, -0.2) is 86.8 Å². The summed E-state index contributed by atoms with van der Waals surface area (Å²) < 4.78 is 28.7. The van der Waals surface area contributed by atoms with E-state index in [4.69, 9.17) is 5.73 Å². The van der Waals surface area contributed by atoms with Gasteiger partial charge < -0.3 is 26.2 Å². The maximum absolute atomic E-state index is 13.5. The van der Waals surface area contributed by atoms with Gasteiger partial charge in [-0.3, -0.25) is 4.90 Å². The van der Waals surface area contributed by atoms with Crippen LogP contribution < -0.4 is 16.0 Å². The Labute approximate surface area is 207 Å². The van der Waals surface area contributed by atoms with Gasteiger partial charge in [-0.2, -0.15) is 15.1 Å². The van der Waals surface area contributed by atoms with Crippen LogP contribution >= 0.6 is 0 Å². The number of anilines is 3. The number of aliphatic hydroxyl groups is 2. The highest BCUT2D eigenvalue weighted by Crippen LogP contribution is 2.20. The summed E-state index contributed by atoms with van der Waals surface area (Å²) in [5.41, 5.74) is 8.19. The SMILES string of the molecule is Cc1c(/C=C/CN2CCN(c3cc(F)cc(F)c3)CC2)cnn1-c1cc(NC(CO)CO)nc(N)n1. The molecule has 36 heavy (non-hydrogen) atoms. The number of hydrogen-bond donors (Lipinski definition) is 4. The summed E-state index contributed by atoms with van der Waals surface area (Å²) >= 11 is 0. The van der Waals surface area contributed by atoms with E-state index >= 15 is 0 Å². The molecule has 192 valence electrons. The van der Waals surface area contributed by atoms with Gasteiger partial charge >= 0.3 is 0 Å². The lowest BCUT2D eigenvalue weighted by Gasteiger charge is -2.35. The molecule has 0 aliphatic carbocycles. The molecule has 5 N–H and O–H groups in total. The minimum atomic E-state index is -0.568. The van der Waals surface area contributed by atoms with Crippen LogP contribution in [0.15, 0.2) is 36.5 Å². The third-order valence-electron chi connectivity index (χ3n) is 6.03. The predicted octanol–water partition coefficient (Wildman–Crippen LogP) is 1.43. The van der Waals surface area contributed by atoms with Crippen LogP contribution in [0.4, 0.5) is 26.2 Å². The van der Waals surface area contributed by atoms with Gasteiger partial charge in [-0.15, -0.1) is 0 Å². The van der Waals surface area contributed by atoms with Crippen molar-refractivity contribution < 1.29 is 19.0 Å². The van der Waals surface area contributed by atoms with E-state index in [1.54, 1.807) is 16.9 Å². The second kappa shape index (κ2) is 11.4. The summed E-state index contributed by atoms with van der Waals surface area (Å²) in [5, 5.41) is 25.9. The summed E-state index contributed by atoms with van der Waals surface area (Å²) in [4.78, 5) is 12.6. The minimum Gasteiger partial charge on any atom is -0.394 e. The Morgan fingerprint density at radius 3 is 2.42 bits per heavy atom. The zero-order chi connectivity index (χ0) is 25.7. The van der Waals surface area contributed by atoms with Crippen molar-refractivity contribution in [3.8, 4) is 5.82 Å². The van der Waals surface area contributed by atoms with E-state index in [2.05, 4.69) is 31.4 Å². The van der Waals surface area contributed by atoms with Crippen molar-refractivity contribution in [2.24, 2.45) is 0 Å². The Hall–Kier alpha value is -3.61. The smallest absolute Gasteiger partial charge is 0.224 e. The first-order valence-corrected chi connectivity index (χ1v) is 11.6. The summed E-state index contributed by atoms with van der Waals surface area (Å²) in [5.74, 6) is -0.262. The first-order chi connectivity index (χ1) is 17.4. The van der Waals surface area contributed by atoms with Gasteiger partial charge in [0.1, 0.15) is 17.5 Å². The second-order valence-electron chi connectivity index (χ2n) is 8.59. The maximum Gasteiger partial charge on any atom is 0.224 e. The molecule has 0 saturated carbocycles. The molecule has 0 atom stereocenters. The molecule has 0 spiro atoms. The Bertz CT molecular complexity index is 1190. The molecule has 3 aromatic rings. The molecular weight excluding hydrogens is 470 g/mol. The van der Waals surface area contributed by atoms with Crippen LogP contribution in [-0.2, 0) is 0 Å². The van der Waals surface area contributed by atoms with Crippen LogP contribution in [0, 0.1) is 18.6 Å². The maximum atomic E-state index is 13.5. The van der Waals surface area contributed by atoms with Crippen molar-refractivity contribution in [3.63, 3.8) is 0 Å². The molecule has 2 aromatic heterocycles. The van der Waals surface area contributed by atoms with Gasteiger partial charge in [0.05, 0.1) is 31.1 Å². The Kier molecular flexibility index (Phi) is 8.08. The number of aliphatic hydroxyl groups excluding tert-OH is 2. The van der Waals surface area contributed by atoms with Gasteiger partial charge in [0.2, 0.25) is 5.95 Å². The highest BCUT2D eigenvalue weighted by molar-refractivity contribution is 5.54. The van der Waals surface area contributed by atoms with Crippen molar-refractivity contribution in [1.29, 1.82) is 0 Å². The van der Waals surface area contributed by atoms with Crippen molar-refractivity contribution in [3.05, 3.63) is 59.4 Å². The van der Waals surface area contributed by atoms with E-state index in [1.165, 1.54) is 12.1 Å². The molecular formula is C24H30F2N8O2. The summed E-state index contributed by atoms with van der Waals surface area (Å²) in [6, 6.07) is 4.68. The molecule has 0 radical (unpaired) electrons. The van der Waals surface area contributed by atoms with Crippen LogP contribution in [0.3, 0.4) is 0 Å². The zero-order valence-corrected chi connectivity index (χ0v) is 20.0. The number of nitrogens with two attached hydrogens (primary N) is 1. The molecule has 4 rings (SSSR count). The summed E-state index contributed by atoms with van der Waals surface area (Å²) in [6.07, 6.45) is 5.78. The Balaban J connectivity index is 1.37. The summed E-state index contributed by atoms with van der Waals surface area (Å²) in [7, 11) is 0. The van der Waals surface area contributed by atoms with Crippen LogP contribution in [0.1, 0.15) is 11.3 Å². The highest BCUT2D eigenvalue weighted by atomic mass is 19.1. The van der Waals surface area contributed by atoms with E-state index in [-0.39, 0.29) is 19.2 Å². The first-order valence-electron chi connectivity index (χ1n) is 11.6. The second-order valence-corrected chi connectivity index (χ2v) is 8.59. The number of hydrogen-bond acceptors (Lipinski definition) is 9. The third-order valence-corrected chi connectivity index (χ3v) is 6.03. The van der Waals surface area contributed by atoms with Crippen molar-refractivity contribution in [2.45, 2.75) is 13.0 Å². The quantitative estimate of drug-likeness (QED) is 0.345. The molecule has 0 bridgehead atoms. The predicted molar refractivity (Wildman–Crippen MR) is 134 cm³/mol. The van der Waals surface area contributed by atoms with Gasteiger partial charge in [0, 0.05) is 56.1 Å². The van der Waals surface area contributed by atoms with E-state index in [9.17, 15) is 19.0 Å². The molecule has 0 unspecified atom stereocenters. The molecule has 0 amide bonds. The topological polar surface area (TPSA) is 129 Å². The first kappa shape index (κ1) is 25.5. The largest absolute Gasteiger partial charge is 0.394 e. The van der Waals surface area contributed by atoms with Gasteiger partial charge in [-0.1, -0.05) is 12.2 Å². The highest BCUT2D eigenvalue weighted by Gasteiger charge is 2.18.